The van der Waals surface area contributed by atoms with E-state index in [1.165, 1.54) is 7.11 Å². The van der Waals surface area contributed by atoms with Crippen LogP contribution in [-0.4, -0.2) is 38.3 Å². The summed E-state index contributed by atoms with van der Waals surface area (Å²) in [4.78, 5) is 15.2. The molecule has 0 aliphatic rings. The van der Waals surface area contributed by atoms with E-state index in [1.807, 2.05) is 6.07 Å². The van der Waals surface area contributed by atoms with Gasteiger partial charge in [0, 0.05) is 25.5 Å². The Hall–Kier alpha value is -1.62. The summed E-state index contributed by atoms with van der Waals surface area (Å²) in [7, 11) is 3.02. The molecule has 1 rings (SSSR count). The van der Waals surface area contributed by atoms with Gasteiger partial charge in [-0.1, -0.05) is 6.92 Å². The minimum atomic E-state index is -0.432. The van der Waals surface area contributed by atoms with Gasteiger partial charge in [-0.15, -0.1) is 0 Å². The molecule has 0 radical (unpaired) electrons. The first-order valence-corrected chi connectivity index (χ1v) is 5.44. The van der Waals surface area contributed by atoms with Crippen LogP contribution in [0.4, 0.5) is 5.69 Å². The molecule has 1 aromatic heterocycles. The van der Waals surface area contributed by atoms with Gasteiger partial charge in [-0.2, -0.15) is 0 Å². The van der Waals surface area contributed by atoms with Crippen LogP contribution in [0, 0.1) is 5.92 Å². The summed E-state index contributed by atoms with van der Waals surface area (Å²) in [6.45, 7) is 3.55. The fraction of sp³-hybridized carbons (Fsp3) is 0.500. The molecule has 1 N–H and O–H groups in total. The van der Waals surface area contributed by atoms with Crippen molar-refractivity contribution in [1.29, 1.82) is 0 Å². The molecule has 1 aromatic rings. The van der Waals surface area contributed by atoms with Gasteiger partial charge in [-0.25, -0.2) is 9.78 Å². The third-order valence-corrected chi connectivity index (χ3v) is 2.26. The van der Waals surface area contributed by atoms with Crippen LogP contribution in [0.5, 0.6) is 0 Å². The summed E-state index contributed by atoms with van der Waals surface area (Å²) in [5.41, 5.74) is 1.15. The van der Waals surface area contributed by atoms with E-state index in [4.69, 9.17) is 4.74 Å². The molecular formula is C12H18N2O3. The van der Waals surface area contributed by atoms with Crippen LogP contribution in [0.2, 0.25) is 0 Å². The molecule has 17 heavy (non-hydrogen) atoms. The largest absolute Gasteiger partial charge is 0.464 e. The first kappa shape index (κ1) is 13.4. The van der Waals surface area contributed by atoms with E-state index in [2.05, 4.69) is 22.0 Å². The van der Waals surface area contributed by atoms with Crippen molar-refractivity contribution >= 4 is 11.7 Å². The highest BCUT2D eigenvalue weighted by Crippen LogP contribution is 2.09. The average molecular weight is 238 g/mol. The minimum absolute atomic E-state index is 0.303. The van der Waals surface area contributed by atoms with E-state index in [-0.39, 0.29) is 0 Å². The molecule has 0 aliphatic heterocycles. The van der Waals surface area contributed by atoms with Crippen molar-refractivity contribution < 1.29 is 14.3 Å². The van der Waals surface area contributed by atoms with Crippen molar-refractivity contribution in [2.75, 3.05) is 32.7 Å². The van der Waals surface area contributed by atoms with Gasteiger partial charge in [0.2, 0.25) is 0 Å². The van der Waals surface area contributed by atoms with Gasteiger partial charge < -0.3 is 14.8 Å². The molecule has 0 saturated heterocycles. The quantitative estimate of drug-likeness (QED) is 0.762. The number of nitrogens with one attached hydrogen (secondary N) is 1. The van der Waals surface area contributed by atoms with Gasteiger partial charge in [0.25, 0.3) is 0 Å². The molecule has 1 unspecified atom stereocenters. The molecule has 1 atom stereocenters. The van der Waals surface area contributed by atoms with Crippen LogP contribution in [-0.2, 0) is 9.47 Å². The van der Waals surface area contributed by atoms with E-state index >= 15 is 0 Å². The van der Waals surface area contributed by atoms with Crippen molar-refractivity contribution in [2.24, 2.45) is 5.92 Å². The Morgan fingerprint density at radius 1 is 1.53 bits per heavy atom. The third kappa shape index (κ3) is 4.40. The normalized spacial score (nSPS) is 11.9. The van der Waals surface area contributed by atoms with E-state index in [9.17, 15) is 4.79 Å². The Morgan fingerprint density at radius 2 is 2.29 bits per heavy atom. The lowest BCUT2D eigenvalue weighted by Gasteiger charge is -2.12. The highest BCUT2D eigenvalue weighted by Gasteiger charge is 2.07. The second-order valence-corrected chi connectivity index (χ2v) is 3.86. The molecule has 5 nitrogen and oxygen atoms in total. The minimum Gasteiger partial charge on any atom is -0.464 e. The van der Waals surface area contributed by atoms with Crippen molar-refractivity contribution in [3.63, 3.8) is 0 Å². The number of hydrogen-bond acceptors (Lipinski definition) is 5. The molecule has 0 saturated carbocycles. The summed E-state index contributed by atoms with van der Waals surface area (Å²) >= 11 is 0. The number of methoxy groups -OCH3 is 2. The number of aromatic nitrogens is 1. The Morgan fingerprint density at radius 3 is 2.94 bits per heavy atom. The lowest BCUT2D eigenvalue weighted by atomic mass is 10.2. The molecule has 0 fully saturated rings. The Balaban J connectivity index is 2.57. The molecule has 0 bridgehead atoms. The monoisotopic (exact) mass is 238 g/mol. The highest BCUT2D eigenvalue weighted by molar-refractivity contribution is 5.88. The first-order valence-electron chi connectivity index (χ1n) is 5.44. The molecule has 0 amide bonds. The number of pyridine rings is 1. The van der Waals surface area contributed by atoms with Gasteiger partial charge in [0.15, 0.2) is 0 Å². The molecule has 0 aliphatic carbocycles. The maximum Gasteiger partial charge on any atom is 0.356 e. The number of carbonyl (C=O) groups is 1. The average Bonchev–Trinajstić information content (AvgIpc) is 2.36. The predicted molar refractivity (Wildman–Crippen MR) is 65.1 cm³/mol. The second-order valence-electron chi connectivity index (χ2n) is 3.86. The summed E-state index contributed by atoms with van der Waals surface area (Å²) in [6, 6.07) is 3.48. The lowest BCUT2D eigenvalue weighted by Crippen LogP contribution is -2.16. The van der Waals surface area contributed by atoms with Crippen molar-refractivity contribution in [2.45, 2.75) is 6.92 Å². The van der Waals surface area contributed by atoms with Crippen LogP contribution >= 0.6 is 0 Å². The zero-order valence-electron chi connectivity index (χ0n) is 10.4. The smallest absolute Gasteiger partial charge is 0.356 e. The standard InChI is InChI=1S/C12H18N2O3/c1-9(8-16-2)7-14-10-4-5-13-11(6-10)12(15)17-3/h4-6,9H,7-8H2,1-3H3,(H,13,14). The van der Waals surface area contributed by atoms with Crippen molar-refractivity contribution in [3.8, 4) is 0 Å². The van der Waals surface area contributed by atoms with Crippen LogP contribution in [0.1, 0.15) is 17.4 Å². The topological polar surface area (TPSA) is 60.5 Å². The molecule has 94 valence electrons. The number of esters is 1. The van der Waals surface area contributed by atoms with Gasteiger partial charge in [-0.3, -0.25) is 0 Å². The van der Waals surface area contributed by atoms with Gasteiger partial charge in [0.1, 0.15) is 5.69 Å². The number of ether oxygens (including phenoxy) is 2. The summed E-state index contributed by atoms with van der Waals surface area (Å²) in [5.74, 6) is -0.0340. The zero-order valence-corrected chi connectivity index (χ0v) is 10.4. The van der Waals surface area contributed by atoms with Crippen LogP contribution < -0.4 is 5.32 Å². The van der Waals surface area contributed by atoms with Gasteiger partial charge in [-0.05, 0) is 18.1 Å². The Labute approximate surface area is 101 Å². The molecule has 1 heterocycles. The molecule has 0 spiro atoms. The number of anilines is 1. The zero-order chi connectivity index (χ0) is 12.7. The van der Waals surface area contributed by atoms with E-state index in [0.717, 1.165) is 12.2 Å². The van der Waals surface area contributed by atoms with Gasteiger partial charge in [0.05, 0.1) is 13.7 Å². The SMILES string of the molecule is COCC(C)CNc1ccnc(C(=O)OC)c1. The third-order valence-electron chi connectivity index (χ3n) is 2.26. The molecule has 5 heteroatoms. The first-order chi connectivity index (χ1) is 8.17. The number of nitrogens with zero attached hydrogens (tertiary/aromatic N) is 1. The maximum atomic E-state index is 11.3. The van der Waals surface area contributed by atoms with E-state index in [0.29, 0.717) is 18.2 Å². The van der Waals surface area contributed by atoms with E-state index < -0.39 is 5.97 Å². The van der Waals surface area contributed by atoms with Crippen LogP contribution in [0.25, 0.3) is 0 Å². The molecular weight excluding hydrogens is 220 g/mol. The van der Waals surface area contributed by atoms with Crippen LogP contribution in [0.15, 0.2) is 18.3 Å². The molecule has 0 aromatic carbocycles. The van der Waals surface area contributed by atoms with E-state index in [1.54, 1.807) is 19.4 Å². The second kappa shape index (κ2) is 6.85. The summed E-state index contributed by atoms with van der Waals surface area (Å²) < 4.78 is 9.65. The number of hydrogen-bond donors (Lipinski definition) is 1. The highest BCUT2D eigenvalue weighted by atomic mass is 16.5. The van der Waals surface area contributed by atoms with Crippen LogP contribution in [0.3, 0.4) is 0 Å². The summed E-state index contributed by atoms with van der Waals surface area (Å²) in [6.07, 6.45) is 1.58. The van der Waals surface area contributed by atoms with Crippen molar-refractivity contribution in [1.82, 2.24) is 4.98 Å². The maximum absolute atomic E-state index is 11.3. The lowest BCUT2D eigenvalue weighted by molar-refractivity contribution is 0.0594. The predicted octanol–water partition coefficient (Wildman–Crippen LogP) is 1.56. The Kier molecular flexibility index (Phi) is 5.42. The Bertz CT molecular complexity index is 369. The number of rotatable bonds is 6. The summed E-state index contributed by atoms with van der Waals surface area (Å²) in [5, 5.41) is 3.22. The van der Waals surface area contributed by atoms with Crippen molar-refractivity contribution in [3.05, 3.63) is 24.0 Å². The fourth-order valence-electron chi connectivity index (χ4n) is 1.39. The fourth-order valence-corrected chi connectivity index (χ4v) is 1.39. The number of carbonyl (C=O) groups excluding carboxylic acids is 1. The van der Waals surface area contributed by atoms with Gasteiger partial charge >= 0.3 is 5.97 Å².